The van der Waals surface area contributed by atoms with Crippen molar-refractivity contribution in [3.8, 4) is 17.4 Å². The van der Waals surface area contributed by atoms with Gasteiger partial charge in [0.1, 0.15) is 11.5 Å². The van der Waals surface area contributed by atoms with Crippen molar-refractivity contribution in [1.82, 2.24) is 0 Å². The van der Waals surface area contributed by atoms with Crippen LogP contribution in [-0.4, -0.2) is 0 Å². The highest BCUT2D eigenvalue weighted by Gasteiger charge is 1.95. The Morgan fingerprint density at radius 1 is 0.800 bits per heavy atom. The van der Waals surface area contributed by atoms with E-state index in [1.54, 1.807) is 12.1 Å². The summed E-state index contributed by atoms with van der Waals surface area (Å²) < 4.78 is 5.59. The average Bonchev–Trinajstić information content (AvgIpc) is 2.31. The molecule has 2 aromatic rings. The van der Waals surface area contributed by atoms with E-state index in [1.165, 1.54) is 0 Å². The highest BCUT2D eigenvalue weighted by Crippen LogP contribution is 2.20. The molecule has 0 aliphatic heterocycles. The third-order valence-corrected chi connectivity index (χ3v) is 1.98. The van der Waals surface area contributed by atoms with E-state index in [-0.39, 0.29) is 0 Å². The summed E-state index contributed by atoms with van der Waals surface area (Å²) in [5.41, 5.74) is 0.746. The van der Waals surface area contributed by atoms with E-state index in [1.807, 2.05) is 42.5 Å². The lowest BCUT2D eigenvalue weighted by Gasteiger charge is -2.04. The number of hydrogen-bond donors (Lipinski definition) is 0. The van der Waals surface area contributed by atoms with E-state index in [9.17, 15) is 0 Å². The van der Waals surface area contributed by atoms with Crippen LogP contribution in [0.2, 0.25) is 0 Å². The Morgan fingerprint density at radius 3 is 2.00 bits per heavy atom. The SMILES string of the molecule is [C]#Cc1ccc(Oc2ccccc2)cc1. The Hall–Kier alpha value is -2.20. The van der Waals surface area contributed by atoms with Gasteiger partial charge in [-0.05, 0) is 42.8 Å². The van der Waals surface area contributed by atoms with Gasteiger partial charge in [0.25, 0.3) is 0 Å². The van der Waals surface area contributed by atoms with Crippen LogP contribution in [0.5, 0.6) is 11.5 Å². The van der Waals surface area contributed by atoms with Gasteiger partial charge in [0.2, 0.25) is 0 Å². The van der Waals surface area contributed by atoms with Crippen molar-refractivity contribution in [2.45, 2.75) is 0 Å². The molecule has 0 unspecified atom stereocenters. The summed E-state index contributed by atoms with van der Waals surface area (Å²) >= 11 is 0. The average molecular weight is 193 g/mol. The smallest absolute Gasteiger partial charge is 0.127 e. The first-order valence-corrected chi connectivity index (χ1v) is 4.64. The molecule has 2 aromatic carbocycles. The predicted octanol–water partition coefficient (Wildman–Crippen LogP) is 3.42. The first-order chi connectivity index (χ1) is 7.38. The largest absolute Gasteiger partial charge is 0.457 e. The zero-order valence-electron chi connectivity index (χ0n) is 8.10. The molecule has 0 N–H and O–H groups in total. The highest BCUT2D eigenvalue weighted by molar-refractivity contribution is 5.37. The lowest BCUT2D eigenvalue weighted by Crippen LogP contribution is -1.83. The lowest BCUT2D eigenvalue weighted by atomic mass is 10.2. The quantitative estimate of drug-likeness (QED) is 0.664. The highest BCUT2D eigenvalue weighted by atomic mass is 16.5. The third-order valence-electron chi connectivity index (χ3n) is 1.98. The molecule has 0 fully saturated rings. The van der Waals surface area contributed by atoms with Gasteiger partial charge in [-0.1, -0.05) is 24.1 Å². The van der Waals surface area contributed by atoms with Gasteiger partial charge in [0.15, 0.2) is 0 Å². The Labute approximate surface area is 89.3 Å². The van der Waals surface area contributed by atoms with Gasteiger partial charge in [-0.25, -0.2) is 0 Å². The minimum absolute atomic E-state index is 0.746. The number of para-hydroxylation sites is 1. The summed E-state index contributed by atoms with van der Waals surface area (Å²) in [6.07, 6.45) is 6.94. The maximum atomic E-state index is 6.94. The normalized spacial score (nSPS) is 9.27. The molecule has 0 heterocycles. The van der Waals surface area contributed by atoms with Crippen LogP contribution in [0.3, 0.4) is 0 Å². The molecular weight excluding hydrogens is 184 g/mol. The molecule has 15 heavy (non-hydrogen) atoms. The Kier molecular flexibility index (Phi) is 2.71. The minimum atomic E-state index is 0.746. The van der Waals surface area contributed by atoms with Crippen LogP contribution >= 0.6 is 0 Å². The maximum absolute atomic E-state index is 6.94. The fraction of sp³-hybridized carbons (Fsp3) is 0. The Bertz CT molecular complexity index is 463. The fourth-order valence-corrected chi connectivity index (χ4v) is 1.23. The van der Waals surface area contributed by atoms with Gasteiger partial charge in [0.05, 0.1) is 0 Å². The molecule has 0 saturated carbocycles. The van der Waals surface area contributed by atoms with E-state index in [0.29, 0.717) is 0 Å². The van der Waals surface area contributed by atoms with Crippen molar-refractivity contribution in [3.05, 3.63) is 66.6 Å². The Morgan fingerprint density at radius 2 is 1.40 bits per heavy atom. The van der Waals surface area contributed by atoms with Crippen LogP contribution in [0.25, 0.3) is 0 Å². The molecule has 1 heteroatoms. The summed E-state index contributed by atoms with van der Waals surface area (Å²) in [6.45, 7) is 0. The van der Waals surface area contributed by atoms with Crippen molar-refractivity contribution in [2.24, 2.45) is 0 Å². The lowest BCUT2D eigenvalue weighted by molar-refractivity contribution is 0.482. The molecule has 0 aliphatic carbocycles. The number of hydrogen-bond acceptors (Lipinski definition) is 1. The van der Waals surface area contributed by atoms with Crippen LogP contribution in [0.1, 0.15) is 5.56 Å². The second kappa shape index (κ2) is 4.34. The van der Waals surface area contributed by atoms with Gasteiger partial charge in [0, 0.05) is 5.56 Å². The topological polar surface area (TPSA) is 9.23 Å². The van der Waals surface area contributed by atoms with Gasteiger partial charge >= 0.3 is 0 Å². The molecule has 0 spiro atoms. The van der Waals surface area contributed by atoms with Gasteiger partial charge in [-0.3, -0.25) is 0 Å². The van der Waals surface area contributed by atoms with E-state index in [4.69, 9.17) is 11.2 Å². The molecule has 2 rings (SSSR count). The summed E-state index contributed by atoms with van der Waals surface area (Å²) in [4.78, 5) is 0. The molecule has 0 amide bonds. The summed E-state index contributed by atoms with van der Waals surface area (Å²) in [5.74, 6) is 3.89. The summed E-state index contributed by atoms with van der Waals surface area (Å²) in [7, 11) is 0. The molecule has 0 saturated heterocycles. The Balaban J connectivity index is 2.16. The standard InChI is InChI=1S/C14H9O/c1-2-12-8-10-14(11-9-12)15-13-6-4-3-5-7-13/h3-11H. The first kappa shape index (κ1) is 9.36. The van der Waals surface area contributed by atoms with Crippen LogP contribution < -0.4 is 4.74 Å². The van der Waals surface area contributed by atoms with Crippen LogP contribution in [-0.2, 0) is 0 Å². The monoisotopic (exact) mass is 193 g/mol. The van der Waals surface area contributed by atoms with E-state index in [2.05, 4.69) is 5.92 Å². The fourth-order valence-electron chi connectivity index (χ4n) is 1.23. The first-order valence-electron chi connectivity index (χ1n) is 4.64. The van der Waals surface area contributed by atoms with Crippen LogP contribution in [0.4, 0.5) is 0 Å². The van der Waals surface area contributed by atoms with Gasteiger partial charge in [-0.15, -0.1) is 0 Å². The molecular formula is C14H9O. The minimum Gasteiger partial charge on any atom is -0.457 e. The molecule has 1 nitrogen and oxygen atoms in total. The van der Waals surface area contributed by atoms with E-state index < -0.39 is 0 Å². The molecule has 71 valence electrons. The number of ether oxygens (including phenoxy) is 1. The molecule has 0 bridgehead atoms. The number of rotatable bonds is 2. The summed E-state index contributed by atoms with van der Waals surface area (Å²) in [6, 6.07) is 16.8. The molecule has 0 atom stereocenters. The van der Waals surface area contributed by atoms with Crippen molar-refractivity contribution in [2.75, 3.05) is 0 Å². The summed E-state index contributed by atoms with van der Waals surface area (Å²) in [5, 5.41) is 0. The zero-order valence-corrected chi connectivity index (χ0v) is 8.10. The predicted molar refractivity (Wildman–Crippen MR) is 59.2 cm³/mol. The second-order valence-corrected chi connectivity index (χ2v) is 3.06. The van der Waals surface area contributed by atoms with Crippen molar-refractivity contribution < 1.29 is 4.74 Å². The third kappa shape index (κ3) is 2.38. The number of benzene rings is 2. The van der Waals surface area contributed by atoms with Crippen LogP contribution in [0.15, 0.2) is 54.6 Å². The zero-order chi connectivity index (χ0) is 10.5. The van der Waals surface area contributed by atoms with Crippen molar-refractivity contribution in [1.29, 1.82) is 0 Å². The van der Waals surface area contributed by atoms with Crippen molar-refractivity contribution >= 4 is 0 Å². The maximum Gasteiger partial charge on any atom is 0.127 e. The molecule has 0 aromatic heterocycles. The molecule has 0 aliphatic rings. The van der Waals surface area contributed by atoms with E-state index >= 15 is 0 Å². The van der Waals surface area contributed by atoms with Crippen molar-refractivity contribution in [3.63, 3.8) is 0 Å². The second-order valence-electron chi connectivity index (χ2n) is 3.06. The van der Waals surface area contributed by atoms with Gasteiger partial charge in [-0.2, -0.15) is 0 Å². The van der Waals surface area contributed by atoms with E-state index in [0.717, 1.165) is 17.1 Å². The van der Waals surface area contributed by atoms with Gasteiger partial charge < -0.3 is 4.74 Å². The van der Waals surface area contributed by atoms with Crippen LogP contribution in [0, 0.1) is 12.3 Å². The molecule has 1 radical (unpaired) electrons.